The first-order valence-electron chi connectivity index (χ1n) is 8.07. The highest BCUT2D eigenvalue weighted by Gasteiger charge is 2.51. The maximum absolute atomic E-state index is 14.2. The maximum atomic E-state index is 14.2. The van der Waals surface area contributed by atoms with Gasteiger partial charge in [0.15, 0.2) is 0 Å². The number of hydrogen-bond donors (Lipinski definition) is 2. The van der Waals surface area contributed by atoms with E-state index in [9.17, 15) is 13.6 Å². The van der Waals surface area contributed by atoms with Gasteiger partial charge < -0.3 is 16.0 Å². The van der Waals surface area contributed by atoms with E-state index in [1.165, 1.54) is 18.2 Å². The van der Waals surface area contributed by atoms with E-state index < -0.39 is 11.6 Å². The van der Waals surface area contributed by atoms with Gasteiger partial charge in [0.05, 0.1) is 0 Å². The second-order valence-corrected chi connectivity index (χ2v) is 6.45. The summed E-state index contributed by atoms with van der Waals surface area (Å²) >= 11 is 0. The predicted octanol–water partition coefficient (Wildman–Crippen LogP) is 2.83. The van der Waals surface area contributed by atoms with E-state index in [2.05, 4.69) is 5.32 Å². The van der Waals surface area contributed by atoms with Crippen molar-refractivity contribution in [1.82, 2.24) is 10.2 Å². The van der Waals surface area contributed by atoms with Gasteiger partial charge in [-0.15, -0.1) is 0 Å². The predicted molar refractivity (Wildman–Crippen MR) is 91.2 cm³/mol. The highest BCUT2D eigenvalue weighted by Crippen LogP contribution is 2.43. The number of nitrogens with zero attached hydrogens (tertiary/aromatic N) is 1. The summed E-state index contributed by atoms with van der Waals surface area (Å²) in [5.74, 6) is -1.57. The van der Waals surface area contributed by atoms with E-state index in [1.807, 2.05) is 19.1 Å². The molecule has 1 fully saturated rings. The van der Waals surface area contributed by atoms with Crippen LogP contribution in [0.3, 0.4) is 0 Å². The summed E-state index contributed by atoms with van der Waals surface area (Å²) in [6.07, 6.45) is 1.18. The molecule has 3 N–H and O–H groups in total. The molecule has 0 aromatic heterocycles. The zero-order valence-electron chi connectivity index (χ0n) is 13.5. The molecule has 2 aromatic carbocycles. The molecule has 0 radical (unpaired) electrons. The van der Waals surface area contributed by atoms with E-state index in [1.54, 1.807) is 17.0 Å². The van der Waals surface area contributed by atoms with Crippen molar-refractivity contribution in [3.63, 3.8) is 0 Å². The molecule has 2 aromatic rings. The molecule has 4 nitrogen and oxygen atoms in total. The van der Waals surface area contributed by atoms with Crippen LogP contribution in [0, 0.1) is 11.6 Å². The lowest BCUT2D eigenvalue weighted by Crippen LogP contribution is -2.69. The number of nitrogens with one attached hydrogen (secondary N) is 1. The van der Waals surface area contributed by atoms with Gasteiger partial charge in [0.1, 0.15) is 17.8 Å². The maximum Gasteiger partial charge on any atom is 0.250 e. The average molecular weight is 341 g/mol. The van der Waals surface area contributed by atoms with Crippen LogP contribution < -0.4 is 11.1 Å². The fraction of sp³-hybridized carbons (Fsp3) is 0.211. The van der Waals surface area contributed by atoms with Crippen LogP contribution in [-0.2, 0) is 4.79 Å². The van der Waals surface area contributed by atoms with E-state index >= 15 is 0 Å². The Bertz CT molecular complexity index is 879. The molecule has 25 heavy (non-hydrogen) atoms. The lowest BCUT2D eigenvalue weighted by molar-refractivity contribution is -0.143. The molecule has 2 heterocycles. The van der Waals surface area contributed by atoms with Gasteiger partial charge >= 0.3 is 0 Å². The first kappa shape index (κ1) is 15.6. The second kappa shape index (κ2) is 5.58. The number of rotatable bonds is 2. The Labute approximate surface area is 143 Å². The van der Waals surface area contributed by atoms with E-state index in [0.29, 0.717) is 16.9 Å². The minimum absolute atomic E-state index is 0.123. The number of carbonyl (C=O) groups is 1. The number of nitrogen functional groups attached to an aromatic ring is 1. The number of carbonyl (C=O) groups excluding carboxylic acids is 1. The Balaban J connectivity index is 1.67. The normalized spacial score (nSPS) is 24.9. The summed E-state index contributed by atoms with van der Waals surface area (Å²) < 4.78 is 27.4. The van der Waals surface area contributed by atoms with E-state index in [4.69, 9.17) is 5.73 Å². The van der Waals surface area contributed by atoms with Crippen LogP contribution in [0.5, 0.6) is 0 Å². The molecule has 0 spiro atoms. The van der Waals surface area contributed by atoms with Crippen molar-refractivity contribution in [2.45, 2.75) is 25.0 Å². The van der Waals surface area contributed by atoms with Crippen molar-refractivity contribution in [3.05, 3.63) is 71.3 Å². The number of fused-ring (bicyclic) bond motifs is 1. The fourth-order valence-electron chi connectivity index (χ4n) is 3.69. The van der Waals surface area contributed by atoms with Crippen molar-refractivity contribution >= 4 is 17.3 Å². The van der Waals surface area contributed by atoms with Crippen molar-refractivity contribution < 1.29 is 13.6 Å². The summed E-state index contributed by atoms with van der Waals surface area (Å²) in [4.78, 5) is 14.1. The average Bonchev–Trinajstić information content (AvgIpc) is 2.57. The van der Waals surface area contributed by atoms with Crippen molar-refractivity contribution in [1.29, 1.82) is 0 Å². The molecule has 3 unspecified atom stereocenters. The Morgan fingerprint density at radius 3 is 2.52 bits per heavy atom. The summed E-state index contributed by atoms with van der Waals surface area (Å²) in [5.41, 5.74) is 8.25. The third-order valence-corrected chi connectivity index (χ3v) is 4.97. The SMILES string of the molecule is CC1C(c2ccc(F)cc2F)C2NC(c3ccc(N)cc3)=CC(=O)N12. The highest BCUT2D eigenvalue weighted by molar-refractivity contribution is 5.98. The number of anilines is 1. The topological polar surface area (TPSA) is 58.4 Å². The van der Waals surface area contributed by atoms with Gasteiger partial charge in [-0.25, -0.2) is 8.78 Å². The molecule has 3 atom stereocenters. The number of benzene rings is 2. The van der Waals surface area contributed by atoms with Gasteiger partial charge in [-0.2, -0.15) is 0 Å². The molecule has 128 valence electrons. The molecule has 0 saturated carbocycles. The Kier molecular flexibility index (Phi) is 3.49. The van der Waals surface area contributed by atoms with Crippen molar-refractivity contribution in [2.24, 2.45) is 0 Å². The molecule has 2 aliphatic heterocycles. The van der Waals surface area contributed by atoms with Crippen LogP contribution in [0.15, 0.2) is 48.5 Å². The second-order valence-electron chi connectivity index (χ2n) is 6.45. The molecule has 4 rings (SSSR count). The standard InChI is InChI=1S/C19H17F2N3O/c1-10-18(14-7-4-12(20)8-15(14)21)19-23-16(9-17(25)24(10)19)11-2-5-13(22)6-3-11/h2-10,18-19,23H,22H2,1H3. The highest BCUT2D eigenvalue weighted by atomic mass is 19.1. The number of amides is 1. The Hall–Kier alpha value is -2.89. The minimum Gasteiger partial charge on any atom is -0.399 e. The quantitative estimate of drug-likeness (QED) is 0.826. The van der Waals surface area contributed by atoms with Crippen LogP contribution in [0.4, 0.5) is 14.5 Å². The summed E-state index contributed by atoms with van der Waals surface area (Å²) in [6.45, 7) is 1.87. The zero-order chi connectivity index (χ0) is 17.7. The first-order chi connectivity index (χ1) is 12.0. The third-order valence-electron chi connectivity index (χ3n) is 4.97. The smallest absolute Gasteiger partial charge is 0.250 e. The van der Waals surface area contributed by atoms with E-state index in [0.717, 1.165) is 11.6 Å². The van der Waals surface area contributed by atoms with Crippen LogP contribution in [0.25, 0.3) is 5.70 Å². The van der Waals surface area contributed by atoms with Crippen LogP contribution in [0.1, 0.15) is 24.0 Å². The molecule has 0 aliphatic carbocycles. The molecular formula is C19H17F2N3O. The van der Waals surface area contributed by atoms with Crippen molar-refractivity contribution in [3.8, 4) is 0 Å². The van der Waals surface area contributed by atoms with Crippen LogP contribution >= 0.6 is 0 Å². The van der Waals surface area contributed by atoms with Gasteiger partial charge in [0, 0.05) is 35.5 Å². The molecular weight excluding hydrogens is 324 g/mol. The molecule has 6 heteroatoms. The molecule has 2 aliphatic rings. The first-order valence-corrected chi connectivity index (χ1v) is 8.07. The number of nitrogens with two attached hydrogens (primary N) is 1. The van der Waals surface area contributed by atoms with Crippen molar-refractivity contribution in [2.75, 3.05) is 5.73 Å². The van der Waals surface area contributed by atoms with Crippen LogP contribution in [0.2, 0.25) is 0 Å². The summed E-state index contributed by atoms with van der Waals surface area (Å²) in [5, 5.41) is 3.30. The molecule has 1 amide bonds. The Morgan fingerprint density at radius 2 is 1.84 bits per heavy atom. The van der Waals surface area contributed by atoms with Crippen LogP contribution in [-0.4, -0.2) is 23.0 Å². The van der Waals surface area contributed by atoms with Gasteiger partial charge in [0.25, 0.3) is 5.91 Å². The lowest BCUT2D eigenvalue weighted by Gasteiger charge is -2.56. The summed E-state index contributed by atoms with van der Waals surface area (Å²) in [7, 11) is 0. The van der Waals surface area contributed by atoms with Gasteiger partial charge in [-0.05, 0) is 36.2 Å². The number of hydrogen-bond acceptors (Lipinski definition) is 3. The number of halogens is 2. The third kappa shape index (κ3) is 2.45. The largest absolute Gasteiger partial charge is 0.399 e. The summed E-state index contributed by atoms with van der Waals surface area (Å²) in [6, 6.07) is 10.6. The monoisotopic (exact) mass is 341 g/mol. The lowest BCUT2D eigenvalue weighted by atomic mass is 9.78. The van der Waals surface area contributed by atoms with Gasteiger partial charge in [0.2, 0.25) is 0 Å². The zero-order valence-corrected chi connectivity index (χ0v) is 13.5. The van der Waals surface area contributed by atoms with Gasteiger partial charge in [-0.1, -0.05) is 18.2 Å². The van der Waals surface area contributed by atoms with E-state index in [-0.39, 0.29) is 24.0 Å². The molecule has 0 bridgehead atoms. The fourth-order valence-corrected chi connectivity index (χ4v) is 3.69. The minimum atomic E-state index is -0.611. The Morgan fingerprint density at radius 1 is 1.12 bits per heavy atom. The molecule has 1 saturated heterocycles. The van der Waals surface area contributed by atoms with Gasteiger partial charge in [-0.3, -0.25) is 4.79 Å².